The molecular weight excluding hydrogens is 270 g/mol. The van der Waals surface area contributed by atoms with Crippen LogP contribution >= 0.6 is 11.6 Å². The molecule has 1 aliphatic rings. The Morgan fingerprint density at radius 3 is 3.00 bits per heavy atom. The third-order valence-electron chi connectivity index (χ3n) is 3.28. The van der Waals surface area contributed by atoms with Crippen molar-refractivity contribution in [3.05, 3.63) is 33.5 Å². The highest BCUT2D eigenvalue weighted by Crippen LogP contribution is 2.31. The average Bonchev–Trinajstić information content (AvgIpc) is 2.77. The first-order valence-electron chi connectivity index (χ1n) is 6.10. The Balaban J connectivity index is 2.08. The molecule has 1 aromatic carbocycles. The second-order valence-corrected chi connectivity index (χ2v) is 4.87. The SMILES string of the molecule is O=[N+]([O-])c1ccc2c(c1)c(Cl)nn2C1CCCCO1. The van der Waals surface area contributed by atoms with E-state index in [1.165, 1.54) is 12.1 Å². The van der Waals surface area contributed by atoms with Gasteiger partial charge in [0.1, 0.15) is 0 Å². The van der Waals surface area contributed by atoms with Crippen molar-refractivity contribution in [2.45, 2.75) is 25.5 Å². The highest BCUT2D eigenvalue weighted by Gasteiger charge is 2.21. The zero-order valence-corrected chi connectivity index (χ0v) is 10.8. The first-order chi connectivity index (χ1) is 9.16. The largest absolute Gasteiger partial charge is 0.356 e. The molecule has 0 N–H and O–H groups in total. The summed E-state index contributed by atoms with van der Waals surface area (Å²) in [6, 6.07) is 4.58. The van der Waals surface area contributed by atoms with Crippen LogP contribution in [0.3, 0.4) is 0 Å². The zero-order valence-electron chi connectivity index (χ0n) is 10.1. The molecule has 0 saturated carbocycles. The summed E-state index contributed by atoms with van der Waals surface area (Å²) < 4.78 is 7.39. The van der Waals surface area contributed by atoms with Gasteiger partial charge in [-0.05, 0) is 25.3 Å². The Labute approximate surface area is 114 Å². The predicted molar refractivity (Wildman–Crippen MR) is 70.2 cm³/mol. The quantitative estimate of drug-likeness (QED) is 0.625. The zero-order chi connectivity index (χ0) is 13.4. The van der Waals surface area contributed by atoms with Crippen LogP contribution in [0.2, 0.25) is 5.15 Å². The Morgan fingerprint density at radius 2 is 2.32 bits per heavy atom. The van der Waals surface area contributed by atoms with Crippen molar-refractivity contribution in [2.75, 3.05) is 6.61 Å². The number of benzene rings is 1. The van der Waals surface area contributed by atoms with Crippen molar-refractivity contribution in [1.82, 2.24) is 9.78 Å². The van der Waals surface area contributed by atoms with Crippen LogP contribution < -0.4 is 0 Å². The van der Waals surface area contributed by atoms with E-state index in [0.29, 0.717) is 12.0 Å². The van der Waals surface area contributed by atoms with Crippen LogP contribution in [0.4, 0.5) is 5.69 Å². The third kappa shape index (κ3) is 2.17. The molecule has 0 radical (unpaired) electrons. The van der Waals surface area contributed by atoms with Gasteiger partial charge >= 0.3 is 0 Å². The minimum absolute atomic E-state index is 0.0125. The number of nitrogens with zero attached hydrogens (tertiary/aromatic N) is 3. The Kier molecular flexibility index (Phi) is 3.12. The van der Waals surface area contributed by atoms with Gasteiger partial charge in [-0.3, -0.25) is 10.1 Å². The van der Waals surface area contributed by atoms with Crippen molar-refractivity contribution in [1.29, 1.82) is 0 Å². The van der Waals surface area contributed by atoms with Gasteiger partial charge in [0.15, 0.2) is 11.4 Å². The molecule has 100 valence electrons. The molecule has 0 bridgehead atoms. The molecule has 0 amide bonds. The number of nitro benzene ring substituents is 1. The van der Waals surface area contributed by atoms with Crippen LogP contribution in [0.25, 0.3) is 10.9 Å². The number of ether oxygens (including phenoxy) is 1. The van der Waals surface area contributed by atoms with E-state index in [-0.39, 0.29) is 17.1 Å². The van der Waals surface area contributed by atoms with E-state index in [0.717, 1.165) is 24.8 Å². The number of rotatable bonds is 2. The summed E-state index contributed by atoms with van der Waals surface area (Å²) >= 11 is 6.06. The molecular formula is C12H12ClN3O3. The fourth-order valence-corrected chi connectivity index (χ4v) is 2.57. The second-order valence-electron chi connectivity index (χ2n) is 4.52. The smallest absolute Gasteiger partial charge is 0.270 e. The van der Waals surface area contributed by atoms with Crippen molar-refractivity contribution < 1.29 is 9.66 Å². The van der Waals surface area contributed by atoms with Crippen LogP contribution in [0.15, 0.2) is 18.2 Å². The lowest BCUT2D eigenvalue weighted by atomic mass is 10.2. The molecule has 19 heavy (non-hydrogen) atoms. The highest BCUT2D eigenvalue weighted by atomic mass is 35.5. The van der Waals surface area contributed by atoms with Gasteiger partial charge in [0.2, 0.25) is 0 Å². The molecule has 2 aromatic rings. The Bertz CT molecular complexity index is 634. The van der Waals surface area contributed by atoms with E-state index in [2.05, 4.69) is 5.10 Å². The van der Waals surface area contributed by atoms with Crippen LogP contribution in [0.1, 0.15) is 25.5 Å². The first-order valence-corrected chi connectivity index (χ1v) is 6.48. The molecule has 1 aromatic heterocycles. The van der Waals surface area contributed by atoms with E-state index in [9.17, 15) is 10.1 Å². The summed E-state index contributed by atoms with van der Waals surface area (Å²) in [6.45, 7) is 0.705. The summed E-state index contributed by atoms with van der Waals surface area (Å²) in [6.07, 6.45) is 2.88. The molecule has 1 fully saturated rings. The molecule has 6 nitrogen and oxygen atoms in total. The summed E-state index contributed by atoms with van der Waals surface area (Å²) in [5.41, 5.74) is 0.779. The third-order valence-corrected chi connectivity index (χ3v) is 3.56. The molecule has 3 rings (SSSR count). The van der Waals surface area contributed by atoms with Crippen LogP contribution in [-0.2, 0) is 4.74 Å². The molecule has 1 aliphatic heterocycles. The maximum atomic E-state index is 10.8. The van der Waals surface area contributed by atoms with Gasteiger partial charge in [-0.2, -0.15) is 5.10 Å². The number of halogens is 1. The van der Waals surface area contributed by atoms with E-state index in [1.807, 2.05) is 0 Å². The monoisotopic (exact) mass is 281 g/mol. The van der Waals surface area contributed by atoms with Crippen LogP contribution in [0, 0.1) is 10.1 Å². The maximum absolute atomic E-state index is 10.8. The van der Waals surface area contributed by atoms with Crippen LogP contribution in [0.5, 0.6) is 0 Å². The standard InChI is InChI=1S/C12H12ClN3O3/c13-12-9-7-8(16(17)18)4-5-10(9)15(14-12)11-3-1-2-6-19-11/h4-5,7,11H,1-3,6H2. The second kappa shape index (κ2) is 4.79. The van der Waals surface area contributed by atoms with Crippen molar-refractivity contribution in [2.24, 2.45) is 0 Å². The molecule has 1 unspecified atom stereocenters. The van der Waals surface area contributed by atoms with Gasteiger partial charge in [-0.25, -0.2) is 4.68 Å². The minimum Gasteiger partial charge on any atom is -0.356 e. The molecule has 0 spiro atoms. The average molecular weight is 282 g/mol. The summed E-state index contributed by atoms with van der Waals surface area (Å²) in [7, 11) is 0. The van der Waals surface area contributed by atoms with Gasteiger partial charge < -0.3 is 4.74 Å². The normalized spacial score (nSPS) is 19.7. The maximum Gasteiger partial charge on any atom is 0.270 e. The minimum atomic E-state index is -0.440. The topological polar surface area (TPSA) is 70.2 Å². The fraction of sp³-hybridized carbons (Fsp3) is 0.417. The van der Waals surface area contributed by atoms with Crippen molar-refractivity contribution in [3.63, 3.8) is 0 Å². The Morgan fingerprint density at radius 1 is 1.47 bits per heavy atom. The summed E-state index contributed by atoms with van der Waals surface area (Å²) in [4.78, 5) is 10.3. The lowest BCUT2D eigenvalue weighted by molar-refractivity contribution is -0.384. The van der Waals surface area contributed by atoms with Gasteiger partial charge in [0, 0.05) is 24.1 Å². The molecule has 0 aliphatic carbocycles. The van der Waals surface area contributed by atoms with E-state index in [4.69, 9.17) is 16.3 Å². The highest BCUT2D eigenvalue weighted by molar-refractivity contribution is 6.34. The first kappa shape index (κ1) is 12.4. The number of aromatic nitrogens is 2. The molecule has 7 heteroatoms. The van der Waals surface area contributed by atoms with Crippen molar-refractivity contribution >= 4 is 28.2 Å². The van der Waals surface area contributed by atoms with E-state index < -0.39 is 4.92 Å². The number of hydrogen-bond donors (Lipinski definition) is 0. The number of non-ortho nitro benzene ring substituents is 1. The van der Waals surface area contributed by atoms with Gasteiger partial charge in [-0.15, -0.1) is 0 Å². The summed E-state index contributed by atoms with van der Waals surface area (Å²) in [5.74, 6) is 0. The molecule has 2 heterocycles. The van der Waals surface area contributed by atoms with Crippen LogP contribution in [-0.4, -0.2) is 21.3 Å². The summed E-state index contributed by atoms with van der Waals surface area (Å²) in [5, 5.41) is 15.9. The van der Waals surface area contributed by atoms with Crippen molar-refractivity contribution in [3.8, 4) is 0 Å². The lowest BCUT2D eigenvalue weighted by Crippen LogP contribution is -2.19. The van der Waals surface area contributed by atoms with E-state index in [1.54, 1.807) is 10.7 Å². The number of fused-ring (bicyclic) bond motifs is 1. The Hall–Kier alpha value is -1.66. The predicted octanol–water partition coefficient (Wildman–Crippen LogP) is 3.30. The van der Waals surface area contributed by atoms with E-state index >= 15 is 0 Å². The number of nitro groups is 1. The molecule has 1 atom stereocenters. The number of hydrogen-bond acceptors (Lipinski definition) is 4. The van der Waals surface area contributed by atoms with Gasteiger partial charge in [0.25, 0.3) is 5.69 Å². The molecule has 1 saturated heterocycles. The lowest BCUT2D eigenvalue weighted by Gasteiger charge is -2.23. The fourth-order valence-electron chi connectivity index (χ4n) is 2.34. The van der Waals surface area contributed by atoms with Gasteiger partial charge in [0.05, 0.1) is 10.4 Å². The van der Waals surface area contributed by atoms with Gasteiger partial charge in [-0.1, -0.05) is 11.6 Å².